The van der Waals surface area contributed by atoms with Crippen molar-refractivity contribution < 1.29 is 0 Å². The largest absolute Gasteiger partial charge is 0.350 e. The molecule has 1 rings (SSSR count). The molecule has 0 fully saturated rings. The third kappa shape index (κ3) is 4.18. The summed E-state index contributed by atoms with van der Waals surface area (Å²) in [4.78, 5) is 0. The Morgan fingerprint density at radius 2 is 2.40 bits per heavy atom. The maximum Gasteiger partial charge on any atom is 0.0622 e. The molecule has 0 aliphatic carbocycles. The van der Waals surface area contributed by atoms with E-state index in [-0.39, 0.29) is 0 Å². The lowest BCUT2D eigenvalue weighted by Gasteiger charge is -2.08. The van der Waals surface area contributed by atoms with Crippen molar-refractivity contribution in [3.63, 3.8) is 0 Å². The van der Waals surface area contributed by atoms with Crippen molar-refractivity contribution in [2.45, 2.75) is 39.3 Å². The number of aryl methyl sites for hydroxylation is 1. The molecule has 1 heterocycles. The van der Waals surface area contributed by atoms with Crippen LogP contribution in [-0.4, -0.2) is 11.1 Å². The summed E-state index contributed by atoms with van der Waals surface area (Å²) in [5, 5.41) is 11.8. The molecule has 3 heteroatoms. The zero-order valence-corrected chi connectivity index (χ0v) is 9.37. The number of nitrogens with one attached hydrogen (secondary N) is 1. The van der Waals surface area contributed by atoms with Crippen molar-refractivity contribution in [3.05, 3.63) is 24.0 Å². The summed E-state index contributed by atoms with van der Waals surface area (Å²) in [6.45, 7) is 5.10. The summed E-state index contributed by atoms with van der Waals surface area (Å²) < 4.78 is 2.22. The number of nitrogens with zero attached hydrogens (tertiary/aromatic N) is 2. The van der Waals surface area contributed by atoms with Crippen LogP contribution in [0.4, 0.5) is 0 Å². The van der Waals surface area contributed by atoms with Crippen molar-refractivity contribution in [1.29, 1.82) is 5.26 Å². The van der Waals surface area contributed by atoms with Crippen LogP contribution in [0.5, 0.6) is 0 Å². The zero-order chi connectivity index (χ0) is 10.9. The first-order chi connectivity index (χ1) is 7.38. The van der Waals surface area contributed by atoms with Crippen LogP contribution in [0.1, 0.15) is 31.9 Å². The molecule has 0 aliphatic heterocycles. The molecule has 0 saturated heterocycles. The van der Waals surface area contributed by atoms with Gasteiger partial charge in [-0.1, -0.05) is 6.92 Å². The molecular weight excluding hydrogens is 186 g/mol. The van der Waals surface area contributed by atoms with Gasteiger partial charge in [-0.05, 0) is 31.5 Å². The molecule has 1 aromatic heterocycles. The summed E-state index contributed by atoms with van der Waals surface area (Å²) in [5.74, 6) is 0. The molecular formula is C12H19N3. The number of hydrogen-bond acceptors (Lipinski definition) is 2. The summed E-state index contributed by atoms with van der Waals surface area (Å²) in [5.41, 5.74) is 1.31. The predicted octanol–water partition coefficient (Wildman–Crippen LogP) is 2.29. The average molecular weight is 205 g/mol. The van der Waals surface area contributed by atoms with Gasteiger partial charge in [0.2, 0.25) is 0 Å². The van der Waals surface area contributed by atoms with E-state index in [0.717, 1.165) is 32.5 Å². The molecule has 0 radical (unpaired) electrons. The number of aromatic nitrogens is 1. The standard InChI is InChI=1S/C12H19N3/c1-2-8-14-11-12-6-5-10-15(12)9-4-3-7-13/h5-6,10,14H,2-4,8-9,11H2,1H3. The summed E-state index contributed by atoms with van der Waals surface area (Å²) >= 11 is 0. The molecule has 0 unspecified atom stereocenters. The topological polar surface area (TPSA) is 40.8 Å². The zero-order valence-electron chi connectivity index (χ0n) is 9.37. The summed E-state index contributed by atoms with van der Waals surface area (Å²) in [7, 11) is 0. The molecule has 82 valence electrons. The van der Waals surface area contributed by atoms with E-state index in [0.29, 0.717) is 6.42 Å². The van der Waals surface area contributed by atoms with E-state index in [4.69, 9.17) is 5.26 Å². The molecule has 15 heavy (non-hydrogen) atoms. The normalized spacial score (nSPS) is 10.1. The van der Waals surface area contributed by atoms with Gasteiger partial charge in [0, 0.05) is 31.4 Å². The molecule has 0 saturated carbocycles. The van der Waals surface area contributed by atoms with Gasteiger partial charge in [0.15, 0.2) is 0 Å². The van der Waals surface area contributed by atoms with Crippen LogP contribution >= 0.6 is 0 Å². The molecule has 0 atom stereocenters. The van der Waals surface area contributed by atoms with Crippen LogP contribution in [0.2, 0.25) is 0 Å². The molecule has 0 bridgehead atoms. The second-order valence-corrected chi connectivity index (χ2v) is 3.63. The van der Waals surface area contributed by atoms with E-state index in [1.807, 2.05) is 0 Å². The molecule has 0 aromatic carbocycles. The molecule has 0 amide bonds. The third-order valence-corrected chi connectivity index (χ3v) is 2.34. The molecule has 3 nitrogen and oxygen atoms in total. The predicted molar refractivity (Wildman–Crippen MR) is 61.3 cm³/mol. The second kappa shape index (κ2) is 7.08. The van der Waals surface area contributed by atoms with Crippen LogP contribution in [-0.2, 0) is 13.1 Å². The fourth-order valence-electron chi connectivity index (χ4n) is 1.55. The fourth-order valence-corrected chi connectivity index (χ4v) is 1.55. The molecule has 1 aromatic rings. The van der Waals surface area contributed by atoms with E-state index in [1.165, 1.54) is 5.69 Å². The van der Waals surface area contributed by atoms with Crippen LogP contribution in [0.3, 0.4) is 0 Å². The van der Waals surface area contributed by atoms with Gasteiger partial charge in [0.25, 0.3) is 0 Å². The van der Waals surface area contributed by atoms with Crippen molar-refractivity contribution in [1.82, 2.24) is 9.88 Å². The Morgan fingerprint density at radius 1 is 1.53 bits per heavy atom. The first-order valence-electron chi connectivity index (χ1n) is 5.60. The van der Waals surface area contributed by atoms with Gasteiger partial charge in [0.05, 0.1) is 6.07 Å². The van der Waals surface area contributed by atoms with Crippen molar-refractivity contribution in [2.24, 2.45) is 0 Å². The van der Waals surface area contributed by atoms with E-state index in [2.05, 4.69) is 41.2 Å². The van der Waals surface area contributed by atoms with E-state index in [1.54, 1.807) is 0 Å². The van der Waals surface area contributed by atoms with Crippen LogP contribution in [0.15, 0.2) is 18.3 Å². The summed E-state index contributed by atoms with van der Waals surface area (Å²) in [6, 6.07) is 6.37. The maximum absolute atomic E-state index is 8.47. The third-order valence-electron chi connectivity index (χ3n) is 2.34. The Bertz CT molecular complexity index is 309. The highest BCUT2D eigenvalue weighted by Crippen LogP contribution is 2.04. The van der Waals surface area contributed by atoms with E-state index < -0.39 is 0 Å². The minimum absolute atomic E-state index is 0.639. The number of hydrogen-bond donors (Lipinski definition) is 1. The Kier molecular flexibility index (Phi) is 5.57. The lowest BCUT2D eigenvalue weighted by atomic mass is 10.3. The van der Waals surface area contributed by atoms with Gasteiger partial charge in [-0.15, -0.1) is 0 Å². The average Bonchev–Trinajstić information content (AvgIpc) is 2.67. The minimum atomic E-state index is 0.639. The van der Waals surface area contributed by atoms with Gasteiger partial charge in [-0.2, -0.15) is 5.26 Å². The maximum atomic E-state index is 8.47. The highest BCUT2D eigenvalue weighted by Gasteiger charge is 1.99. The summed E-state index contributed by atoms with van der Waals surface area (Å²) in [6.07, 6.45) is 4.82. The van der Waals surface area contributed by atoms with E-state index in [9.17, 15) is 0 Å². The van der Waals surface area contributed by atoms with Crippen LogP contribution in [0, 0.1) is 11.3 Å². The Labute approximate surface area is 91.7 Å². The Morgan fingerprint density at radius 3 is 3.13 bits per heavy atom. The molecule has 0 spiro atoms. The number of unbranched alkanes of at least 4 members (excludes halogenated alkanes) is 1. The van der Waals surface area contributed by atoms with Crippen molar-refractivity contribution in [2.75, 3.05) is 6.54 Å². The SMILES string of the molecule is CCCNCc1cccn1CCCC#N. The number of nitriles is 1. The Hall–Kier alpha value is -1.27. The van der Waals surface area contributed by atoms with Gasteiger partial charge < -0.3 is 9.88 Å². The lowest BCUT2D eigenvalue weighted by molar-refractivity contribution is 0.589. The lowest BCUT2D eigenvalue weighted by Crippen LogP contribution is -2.16. The van der Waals surface area contributed by atoms with Crippen molar-refractivity contribution >= 4 is 0 Å². The van der Waals surface area contributed by atoms with Crippen molar-refractivity contribution in [3.8, 4) is 6.07 Å². The minimum Gasteiger partial charge on any atom is -0.350 e. The van der Waals surface area contributed by atoms with Gasteiger partial charge >= 0.3 is 0 Å². The van der Waals surface area contributed by atoms with E-state index >= 15 is 0 Å². The van der Waals surface area contributed by atoms with Gasteiger partial charge in [-0.25, -0.2) is 0 Å². The van der Waals surface area contributed by atoms with Crippen LogP contribution in [0.25, 0.3) is 0 Å². The fraction of sp³-hybridized carbons (Fsp3) is 0.583. The second-order valence-electron chi connectivity index (χ2n) is 3.63. The first kappa shape index (κ1) is 11.8. The highest BCUT2D eigenvalue weighted by atomic mass is 15.0. The molecule has 0 aliphatic rings. The smallest absolute Gasteiger partial charge is 0.0622 e. The highest BCUT2D eigenvalue weighted by molar-refractivity contribution is 5.06. The number of rotatable bonds is 7. The quantitative estimate of drug-likeness (QED) is 0.694. The van der Waals surface area contributed by atoms with Gasteiger partial charge in [0.1, 0.15) is 0 Å². The molecule has 1 N–H and O–H groups in total. The first-order valence-corrected chi connectivity index (χ1v) is 5.60. The van der Waals surface area contributed by atoms with Gasteiger partial charge in [-0.3, -0.25) is 0 Å². The monoisotopic (exact) mass is 205 g/mol. The van der Waals surface area contributed by atoms with Crippen LogP contribution < -0.4 is 5.32 Å². The Balaban J connectivity index is 2.36.